The number of esters is 1. The molecular weight excluding hydrogens is 510 g/mol. The Balaban J connectivity index is 1.87. The van der Waals surface area contributed by atoms with Gasteiger partial charge < -0.3 is 14.2 Å². The van der Waals surface area contributed by atoms with E-state index in [1.165, 1.54) is 14.0 Å². The van der Waals surface area contributed by atoms with Gasteiger partial charge in [-0.15, -0.1) is 0 Å². The summed E-state index contributed by atoms with van der Waals surface area (Å²) in [7, 11) is 1.21. The smallest absolute Gasteiger partial charge is 0.328 e. The topological polar surface area (TPSA) is 82.1 Å². The second kappa shape index (κ2) is 10.9. The highest BCUT2D eigenvalue weighted by Crippen LogP contribution is 2.39. The van der Waals surface area contributed by atoms with Gasteiger partial charge in [-0.3, -0.25) is 14.5 Å². The highest BCUT2D eigenvalue weighted by Gasteiger charge is 2.41. The summed E-state index contributed by atoms with van der Waals surface area (Å²) in [6.07, 6.45) is 1.59. The zero-order chi connectivity index (χ0) is 24.1. The van der Waals surface area contributed by atoms with Gasteiger partial charge in [-0.2, -0.15) is 0 Å². The number of amides is 2. The number of hydrogen-bond acceptors (Lipinski definition) is 7. The SMILES string of the molecule is CCOc1cc(/C=C2/SC(=O)N([C@@H](C)C(=O)OC)C2=O)c(Br)cc1OCc1cccc(C)c1. The van der Waals surface area contributed by atoms with Crippen LogP contribution in [0.15, 0.2) is 45.8 Å². The Labute approximate surface area is 205 Å². The number of rotatable bonds is 8. The molecule has 2 amide bonds. The number of hydrogen-bond donors (Lipinski definition) is 0. The van der Waals surface area contributed by atoms with Crippen LogP contribution >= 0.6 is 27.7 Å². The summed E-state index contributed by atoms with van der Waals surface area (Å²) < 4.78 is 17.1. The molecule has 7 nitrogen and oxygen atoms in total. The molecule has 0 unspecified atom stereocenters. The molecule has 1 saturated heterocycles. The molecule has 2 aromatic rings. The van der Waals surface area contributed by atoms with Crippen LogP contribution in [0, 0.1) is 6.92 Å². The van der Waals surface area contributed by atoms with Gasteiger partial charge in [-0.05, 0) is 61.9 Å². The summed E-state index contributed by atoms with van der Waals surface area (Å²) >= 11 is 4.29. The maximum atomic E-state index is 12.8. The van der Waals surface area contributed by atoms with Crippen LogP contribution in [0.3, 0.4) is 0 Å². The second-order valence-corrected chi connectivity index (χ2v) is 9.13. The summed E-state index contributed by atoms with van der Waals surface area (Å²) in [5.74, 6) is -0.141. The third-order valence-corrected chi connectivity index (χ3v) is 6.45. The molecule has 3 rings (SSSR count). The van der Waals surface area contributed by atoms with Gasteiger partial charge in [-0.25, -0.2) is 4.79 Å². The van der Waals surface area contributed by atoms with Gasteiger partial charge in [0.25, 0.3) is 11.1 Å². The Bertz CT molecular complexity index is 1120. The third-order valence-electron chi connectivity index (χ3n) is 4.88. The van der Waals surface area contributed by atoms with Crippen LogP contribution in [-0.2, 0) is 20.9 Å². The Morgan fingerprint density at radius 3 is 2.58 bits per heavy atom. The summed E-state index contributed by atoms with van der Waals surface area (Å²) in [6, 6.07) is 10.6. The van der Waals surface area contributed by atoms with Crippen molar-refractivity contribution in [2.24, 2.45) is 0 Å². The number of halogens is 1. The van der Waals surface area contributed by atoms with E-state index in [2.05, 4.69) is 26.7 Å². The van der Waals surface area contributed by atoms with Crippen LogP contribution in [0.2, 0.25) is 0 Å². The molecule has 174 valence electrons. The van der Waals surface area contributed by atoms with E-state index in [0.29, 0.717) is 34.7 Å². The molecule has 1 heterocycles. The average Bonchev–Trinajstić information content (AvgIpc) is 3.06. The first-order valence-corrected chi connectivity index (χ1v) is 11.9. The van der Waals surface area contributed by atoms with Crippen LogP contribution in [0.1, 0.15) is 30.5 Å². The Kier molecular flexibility index (Phi) is 8.20. The van der Waals surface area contributed by atoms with Gasteiger partial charge in [0.15, 0.2) is 11.5 Å². The van der Waals surface area contributed by atoms with Crippen LogP contribution < -0.4 is 9.47 Å². The summed E-state index contributed by atoms with van der Waals surface area (Å²) in [6.45, 7) is 6.14. The summed E-state index contributed by atoms with van der Waals surface area (Å²) in [5, 5.41) is -0.525. The van der Waals surface area contributed by atoms with Crippen molar-refractivity contribution in [2.45, 2.75) is 33.4 Å². The third kappa shape index (κ3) is 5.78. The lowest BCUT2D eigenvalue weighted by Crippen LogP contribution is -2.42. The fourth-order valence-electron chi connectivity index (χ4n) is 3.24. The molecule has 1 aliphatic heterocycles. The van der Waals surface area contributed by atoms with E-state index in [1.807, 2.05) is 32.0 Å². The van der Waals surface area contributed by atoms with Crippen molar-refractivity contribution in [1.82, 2.24) is 4.90 Å². The van der Waals surface area contributed by atoms with E-state index >= 15 is 0 Å². The summed E-state index contributed by atoms with van der Waals surface area (Å²) in [4.78, 5) is 38.1. The van der Waals surface area contributed by atoms with Gasteiger partial charge >= 0.3 is 5.97 Å². The van der Waals surface area contributed by atoms with E-state index in [0.717, 1.165) is 27.8 Å². The van der Waals surface area contributed by atoms with Crippen molar-refractivity contribution in [3.8, 4) is 11.5 Å². The van der Waals surface area contributed by atoms with Crippen LogP contribution in [-0.4, -0.2) is 41.8 Å². The highest BCUT2D eigenvalue weighted by molar-refractivity contribution is 9.10. The molecule has 9 heteroatoms. The van der Waals surface area contributed by atoms with Gasteiger partial charge in [0, 0.05) is 4.47 Å². The Morgan fingerprint density at radius 1 is 1.18 bits per heavy atom. The number of carbonyl (C=O) groups is 3. The minimum absolute atomic E-state index is 0.201. The predicted molar refractivity (Wildman–Crippen MR) is 130 cm³/mol. The lowest BCUT2D eigenvalue weighted by Gasteiger charge is -2.18. The van der Waals surface area contributed by atoms with E-state index in [9.17, 15) is 14.4 Å². The number of ether oxygens (including phenoxy) is 3. The van der Waals surface area contributed by atoms with Crippen LogP contribution in [0.25, 0.3) is 6.08 Å². The van der Waals surface area contributed by atoms with Gasteiger partial charge in [-0.1, -0.05) is 45.8 Å². The molecule has 1 aliphatic rings. The largest absolute Gasteiger partial charge is 0.490 e. The number of benzene rings is 2. The molecule has 0 bridgehead atoms. The summed E-state index contributed by atoms with van der Waals surface area (Å²) in [5.41, 5.74) is 2.82. The quantitative estimate of drug-likeness (QED) is 0.334. The highest BCUT2D eigenvalue weighted by atomic mass is 79.9. The number of aryl methyl sites for hydroxylation is 1. The molecule has 1 fully saturated rings. The van der Waals surface area contributed by atoms with E-state index in [1.54, 1.807) is 18.2 Å². The van der Waals surface area contributed by atoms with Crippen LogP contribution in [0.4, 0.5) is 4.79 Å². The minimum atomic E-state index is -1.01. The zero-order valence-corrected chi connectivity index (χ0v) is 21.1. The Hall–Kier alpha value is -2.78. The molecular formula is C24H24BrNO6S. The van der Waals surface area contributed by atoms with E-state index in [-0.39, 0.29) is 4.91 Å². The number of imide groups is 1. The lowest BCUT2D eigenvalue weighted by atomic mass is 10.1. The first-order chi connectivity index (χ1) is 15.7. The first-order valence-electron chi connectivity index (χ1n) is 10.2. The number of thioether (sulfide) groups is 1. The van der Waals surface area contributed by atoms with Crippen molar-refractivity contribution in [3.63, 3.8) is 0 Å². The van der Waals surface area contributed by atoms with E-state index < -0.39 is 23.2 Å². The van der Waals surface area contributed by atoms with Crippen molar-refractivity contribution < 1.29 is 28.6 Å². The molecule has 0 radical (unpaired) electrons. The molecule has 0 aromatic heterocycles. The van der Waals surface area contributed by atoms with Gasteiger partial charge in [0.2, 0.25) is 0 Å². The molecule has 1 atom stereocenters. The standard InChI is InChI=1S/C24H24BrNO6S/c1-5-31-19-10-17(11-21-22(27)26(24(29)33-21)15(3)23(28)30-4)18(25)12-20(19)32-13-16-8-6-7-14(2)9-16/h6-12,15H,5,13H2,1-4H3/b21-11+/t15-/m0/s1. The maximum absolute atomic E-state index is 12.8. The number of carbonyl (C=O) groups excluding carboxylic acids is 3. The van der Waals surface area contributed by atoms with Crippen molar-refractivity contribution >= 4 is 50.9 Å². The monoisotopic (exact) mass is 533 g/mol. The Morgan fingerprint density at radius 2 is 1.91 bits per heavy atom. The molecule has 33 heavy (non-hydrogen) atoms. The molecule has 0 saturated carbocycles. The van der Waals surface area contributed by atoms with Gasteiger partial charge in [0.1, 0.15) is 12.6 Å². The lowest BCUT2D eigenvalue weighted by molar-refractivity contribution is -0.148. The minimum Gasteiger partial charge on any atom is -0.490 e. The molecule has 0 aliphatic carbocycles. The molecule has 0 N–H and O–H groups in total. The number of nitrogens with zero attached hydrogens (tertiary/aromatic N) is 1. The molecule has 0 spiro atoms. The van der Waals surface area contributed by atoms with Crippen molar-refractivity contribution in [1.29, 1.82) is 0 Å². The second-order valence-electron chi connectivity index (χ2n) is 7.28. The zero-order valence-electron chi connectivity index (χ0n) is 18.7. The van der Waals surface area contributed by atoms with Crippen molar-refractivity contribution in [3.05, 3.63) is 62.5 Å². The van der Waals surface area contributed by atoms with Gasteiger partial charge in [0.05, 0.1) is 18.6 Å². The van der Waals surface area contributed by atoms with E-state index in [4.69, 9.17) is 9.47 Å². The number of methoxy groups -OCH3 is 1. The predicted octanol–water partition coefficient (Wildman–Crippen LogP) is 5.33. The normalized spacial score (nSPS) is 15.7. The van der Waals surface area contributed by atoms with Crippen molar-refractivity contribution in [2.75, 3.05) is 13.7 Å². The fourth-order valence-corrected chi connectivity index (χ4v) is 4.57. The first kappa shape index (κ1) is 24.9. The average molecular weight is 534 g/mol. The molecule has 2 aromatic carbocycles. The van der Waals surface area contributed by atoms with Crippen LogP contribution in [0.5, 0.6) is 11.5 Å². The maximum Gasteiger partial charge on any atom is 0.328 e. The fraction of sp³-hybridized carbons (Fsp3) is 0.292.